The standard InChI is InChI=1S/C13H22O9S/c1-11(2)19-8-6-17-13(7-18-23(14,15)16-5)10(9(8)20-11)21-12(3,4)22-13/h8-10H,6-7H2,1-5H3/t8-,9-,10+,13+/m1/s1. The Kier molecular flexibility index (Phi) is 4.06. The predicted molar refractivity (Wildman–Crippen MR) is 74.4 cm³/mol. The molecule has 0 amide bonds. The van der Waals surface area contributed by atoms with Crippen molar-refractivity contribution in [3.8, 4) is 0 Å². The third-order valence-electron chi connectivity index (χ3n) is 3.88. The number of rotatable bonds is 4. The minimum Gasteiger partial charge on any atom is -0.343 e. The minimum atomic E-state index is -4.13. The van der Waals surface area contributed by atoms with Crippen molar-refractivity contribution in [3.63, 3.8) is 0 Å². The maximum Gasteiger partial charge on any atom is 0.399 e. The summed E-state index contributed by atoms with van der Waals surface area (Å²) in [6.07, 6.45) is -1.50. The zero-order valence-electron chi connectivity index (χ0n) is 13.7. The van der Waals surface area contributed by atoms with E-state index in [-0.39, 0.29) is 12.7 Å². The fourth-order valence-electron chi connectivity index (χ4n) is 3.15. The largest absolute Gasteiger partial charge is 0.399 e. The lowest BCUT2D eigenvalue weighted by Gasteiger charge is -2.40. The summed E-state index contributed by atoms with van der Waals surface area (Å²) in [6.45, 7) is 6.75. The molecule has 0 aromatic heterocycles. The Bertz CT molecular complexity index is 572. The van der Waals surface area contributed by atoms with Gasteiger partial charge in [0, 0.05) is 0 Å². The number of hydrogen-bond acceptors (Lipinski definition) is 9. The van der Waals surface area contributed by atoms with Crippen LogP contribution in [-0.2, 0) is 42.4 Å². The molecule has 4 atom stereocenters. The molecule has 0 N–H and O–H groups in total. The minimum absolute atomic E-state index is 0.167. The zero-order chi connectivity index (χ0) is 17.1. The molecule has 3 heterocycles. The van der Waals surface area contributed by atoms with Gasteiger partial charge in [0.1, 0.15) is 24.9 Å². The molecule has 0 aromatic rings. The molecule has 3 rings (SSSR count). The van der Waals surface area contributed by atoms with Gasteiger partial charge in [-0.3, -0.25) is 4.18 Å². The number of fused-ring (bicyclic) bond motifs is 3. The van der Waals surface area contributed by atoms with Gasteiger partial charge in [-0.2, -0.15) is 8.42 Å². The molecular weight excluding hydrogens is 332 g/mol. The highest BCUT2D eigenvalue weighted by molar-refractivity contribution is 7.81. The molecule has 0 saturated carbocycles. The van der Waals surface area contributed by atoms with Crippen molar-refractivity contribution in [1.82, 2.24) is 0 Å². The Balaban J connectivity index is 1.85. The molecule has 0 spiro atoms. The molecule has 0 aliphatic carbocycles. The average molecular weight is 354 g/mol. The van der Waals surface area contributed by atoms with E-state index < -0.39 is 46.6 Å². The lowest BCUT2D eigenvalue weighted by Crippen LogP contribution is -2.60. The summed E-state index contributed by atoms with van der Waals surface area (Å²) in [6, 6.07) is 0. The van der Waals surface area contributed by atoms with E-state index in [0.29, 0.717) is 0 Å². The fourth-order valence-corrected chi connectivity index (χ4v) is 3.55. The van der Waals surface area contributed by atoms with Crippen LogP contribution in [-0.4, -0.2) is 64.4 Å². The third kappa shape index (κ3) is 3.27. The maximum absolute atomic E-state index is 11.5. The second-order valence-electron chi connectivity index (χ2n) is 6.64. The van der Waals surface area contributed by atoms with Crippen molar-refractivity contribution < 1.29 is 40.5 Å². The van der Waals surface area contributed by atoms with Gasteiger partial charge in [0.25, 0.3) is 0 Å². The van der Waals surface area contributed by atoms with Crippen LogP contribution in [0.15, 0.2) is 0 Å². The van der Waals surface area contributed by atoms with Gasteiger partial charge in [-0.15, -0.1) is 0 Å². The highest BCUT2D eigenvalue weighted by Gasteiger charge is 2.65. The average Bonchev–Trinajstić information content (AvgIpc) is 2.88. The Morgan fingerprint density at radius 3 is 2.43 bits per heavy atom. The lowest BCUT2D eigenvalue weighted by molar-refractivity contribution is -0.291. The van der Waals surface area contributed by atoms with Gasteiger partial charge in [0.05, 0.1) is 13.7 Å². The van der Waals surface area contributed by atoms with Crippen LogP contribution in [0.3, 0.4) is 0 Å². The molecule has 3 saturated heterocycles. The van der Waals surface area contributed by atoms with E-state index in [9.17, 15) is 8.42 Å². The third-order valence-corrected chi connectivity index (χ3v) is 4.70. The molecule has 23 heavy (non-hydrogen) atoms. The van der Waals surface area contributed by atoms with Crippen LogP contribution in [0.2, 0.25) is 0 Å². The molecule has 9 nitrogen and oxygen atoms in total. The SMILES string of the molecule is COS(=O)(=O)OC[C@@]12OC[C@H]3OC(C)(C)O[C@H]3[C@@H]1OC(C)(C)O2. The van der Waals surface area contributed by atoms with Crippen molar-refractivity contribution in [2.45, 2.75) is 63.4 Å². The van der Waals surface area contributed by atoms with Crippen LogP contribution in [0.5, 0.6) is 0 Å². The molecule has 0 unspecified atom stereocenters. The summed E-state index contributed by atoms with van der Waals surface area (Å²) in [5.41, 5.74) is 0. The van der Waals surface area contributed by atoms with E-state index in [4.69, 9.17) is 27.9 Å². The molecule has 0 bridgehead atoms. The van der Waals surface area contributed by atoms with Crippen molar-refractivity contribution in [2.75, 3.05) is 20.3 Å². The molecular formula is C13H22O9S. The van der Waals surface area contributed by atoms with Crippen molar-refractivity contribution in [3.05, 3.63) is 0 Å². The Morgan fingerprint density at radius 1 is 1.09 bits per heavy atom. The first kappa shape index (κ1) is 17.5. The predicted octanol–water partition coefficient (Wildman–Crippen LogP) is 0.292. The van der Waals surface area contributed by atoms with Crippen LogP contribution in [0.25, 0.3) is 0 Å². The summed E-state index contributed by atoms with van der Waals surface area (Å²) in [4.78, 5) is 0. The normalized spacial score (nSPS) is 41.5. The van der Waals surface area contributed by atoms with E-state index >= 15 is 0 Å². The monoisotopic (exact) mass is 354 g/mol. The van der Waals surface area contributed by atoms with Crippen molar-refractivity contribution in [1.29, 1.82) is 0 Å². The smallest absolute Gasteiger partial charge is 0.343 e. The van der Waals surface area contributed by atoms with Gasteiger partial charge < -0.3 is 23.7 Å². The Hall–Kier alpha value is -0.330. The Morgan fingerprint density at radius 2 is 1.78 bits per heavy atom. The highest BCUT2D eigenvalue weighted by Crippen LogP contribution is 2.47. The summed E-state index contributed by atoms with van der Waals surface area (Å²) in [5.74, 6) is -3.19. The summed E-state index contributed by atoms with van der Waals surface area (Å²) in [5, 5.41) is 0. The van der Waals surface area contributed by atoms with Gasteiger partial charge in [0.15, 0.2) is 11.6 Å². The lowest BCUT2D eigenvalue weighted by atomic mass is 9.98. The fraction of sp³-hybridized carbons (Fsp3) is 1.00. The first-order valence-electron chi connectivity index (χ1n) is 7.30. The van der Waals surface area contributed by atoms with Gasteiger partial charge in [-0.05, 0) is 27.7 Å². The molecule has 0 radical (unpaired) electrons. The van der Waals surface area contributed by atoms with E-state index in [1.807, 2.05) is 0 Å². The van der Waals surface area contributed by atoms with Gasteiger partial charge in [0.2, 0.25) is 5.79 Å². The van der Waals surface area contributed by atoms with Crippen LogP contribution < -0.4 is 0 Å². The van der Waals surface area contributed by atoms with E-state index in [0.717, 1.165) is 7.11 Å². The van der Waals surface area contributed by atoms with E-state index in [2.05, 4.69) is 4.18 Å². The van der Waals surface area contributed by atoms with Crippen molar-refractivity contribution >= 4 is 10.4 Å². The van der Waals surface area contributed by atoms with Crippen LogP contribution >= 0.6 is 0 Å². The van der Waals surface area contributed by atoms with Crippen LogP contribution in [0.1, 0.15) is 27.7 Å². The summed E-state index contributed by atoms with van der Waals surface area (Å²) in [7, 11) is -3.12. The van der Waals surface area contributed by atoms with Crippen LogP contribution in [0, 0.1) is 0 Å². The Labute approximate surface area is 135 Å². The van der Waals surface area contributed by atoms with Gasteiger partial charge >= 0.3 is 10.4 Å². The molecule has 3 aliphatic heterocycles. The summed E-state index contributed by atoms with van der Waals surface area (Å²) >= 11 is 0. The number of ether oxygens (including phenoxy) is 5. The van der Waals surface area contributed by atoms with E-state index in [1.165, 1.54) is 0 Å². The topological polar surface area (TPSA) is 98.8 Å². The maximum atomic E-state index is 11.5. The first-order chi connectivity index (χ1) is 10.5. The molecule has 3 aliphatic rings. The van der Waals surface area contributed by atoms with Gasteiger partial charge in [-0.1, -0.05) is 0 Å². The van der Waals surface area contributed by atoms with E-state index in [1.54, 1.807) is 27.7 Å². The molecule has 3 fully saturated rings. The van der Waals surface area contributed by atoms with Crippen LogP contribution in [0.4, 0.5) is 0 Å². The molecule has 10 heteroatoms. The zero-order valence-corrected chi connectivity index (χ0v) is 14.5. The first-order valence-corrected chi connectivity index (χ1v) is 8.63. The van der Waals surface area contributed by atoms with Crippen molar-refractivity contribution in [2.24, 2.45) is 0 Å². The summed E-state index contributed by atoms with van der Waals surface area (Å²) < 4.78 is 61.2. The highest BCUT2D eigenvalue weighted by atomic mass is 32.3. The molecule has 0 aromatic carbocycles. The second kappa shape index (κ2) is 5.33. The quantitative estimate of drug-likeness (QED) is 0.705. The molecule has 134 valence electrons. The van der Waals surface area contributed by atoms with Gasteiger partial charge in [-0.25, -0.2) is 4.18 Å². The number of hydrogen-bond donors (Lipinski definition) is 0. The second-order valence-corrected chi connectivity index (χ2v) is 8.02.